The highest BCUT2D eigenvalue weighted by Crippen LogP contribution is 2.39. The molecule has 4 N–H and O–H groups in total. The second-order valence-corrected chi connectivity index (χ2v) is 10.8. The number of hydrogen-bond donors (Lipinski definition) is 4. The number of hydrogen-bond acceptors (Lipinski definition) is 6. The van der Waals surface area contributed by atoms with Gasteiger partial charge in [-0.1, -0.05) is 43.2 Å². The summed E-state index contributed by atoms with van der Waals surface area (Å²) in [6.07, 6.45) is 4.93. The van der Waals surface area contributed by atoms with Crippen molar-refractivity contribution >= 4 is 17.5 Å². The van der Waals surface area contributed by atoms with Crippen LogP contribution in [0.3, 0.4) is 0 Å². The molecule has 3 aromatic rings. The third-order valence-electron chi connectivity index (χ3n) is 8.10. The minimum absolute atomic E-state index is 0.0852. The molecule has 3 aliphatic rings. The third-order valence-corrected chi connectivity index (χ3v) is 8.10. The van der Waals surface area contributed by atoms with Gasteiger partial charge in [0.1, 0.15) is 13.2 Å². The summed E-state index contributed by atoms with van der Waals surface area (Å²) >= 11 is 0. The van der Waals surface area contributed by atoms with E-state index in [2.05, 4.69) is 22.0 Å². The van der Waals surface area contributed by atoms with Gasteiger partial charge < -0.3 is 30.5 Å². The van der Waals surface area contributed by atoms with Crippen LogP contribution in [0.1, 0.15) is 64.3 Å². The summed E-state index contributed by atoms with van der Waals surface area (Å²) in [5.74, 6) is 0.651. The van der Waals surface area contributed by atoms with Crippen molar-refractivity contribution in [3.63, 3.8) is 0 Å². The number of aliphatic hydroxyl groups excluding tert-OH is 1. The van der Waals surface area contributed by atoms with Crippen molar-refractivity contribution < 1.29 is 24.2 Å². The maximum absolute atomic E-state index is 13.6. The van der Waals surface area contributed by atoms with Gasteiger partial charge in [-0.25, -0.2) is 0 Å². The summed E-state index contributed by atoms with van der Waals surface area (Å²) in [6.45, 7) is 1.31. The van der Waals surface area contributed by atoms with Crippen molar-refractivity contribution in [3.05, 3.63) is 77.4 Å². The fourth-order valence-electron chi connectivity index (χ4n) is 6.02. The normalized spacial score (nSPS) is 18.5. The first-order valence-corrected chi connectivity index (χ1v) is 14.2. The van der Waals surface area contributed by atoms with Crippen LogP contribution in [0.4, 0.5) is 5.69 Å². The average Bonchev–Trinajstić information content (AvgIpc) is 3.66. The van der Waals surface area contributed by atoms with E-state index < -0.39 is 6.04 Å². The monoisotopic (exact) mass is 541 g/mol. The summed E-state index contributed by atoms with van der Waals surface area (Å²) in [5, 5.41) is 19.7. The summed E-state index contributed by atoms with van der Waals surface area (Å²) in [4.78, 5) is 26.5. The zero-order chi connectivity index (χ0) is 27.5. The first-order valence-electron chi connectivity index (χ1n) is 14.2. The topological polar surface area (TPSA) is 109 Å². The lowest BCUT2D eigenvalue weighted by atomic mass is 9.93. The Morgan fingerprint density at radius 2 is 1.77 bits per heavy atom. The summed E-state index contributed by atoms with van der Waals surface area (Å²) in [6, 6.07) is 19.0. The molecule has 1 unspecified atom stereocenters. The van der Waals surface area contributed by atoms with E-state index >= 15 is 0 Å². The standard InChI is InChI=1S/C32H35N3O5/c36-19-25(15-23-18-33-28-11-4-3-10-26(23)28)35-32(38)27-16-22(17-29-30(27)40-13-12-39-29)20-6-5-7-21(14-20)31(37)34-24-8-1-2-9-24/h3-7,10-11,14,16-17,23-25,33,36H,1-2,8-9,12-13,15,18-19H2,(H,34,37)(H,35,38)/t23?,25-/m1/s1. The lowest BCUT2D eigenvalue weighted by molar-refractivity contribution is 0.0898. The van der Waals surface area contributed by atoms with Gasteiger partial charge in [-0.05, 0) is 66.3 Å². The predicted molar refractivity (Wildman–Crippen MR) is 153 cm³/mol. The smallest absolute Gasteiger partial charge is 0.255 e. The maximum Gasteiger partial charge on any atom is 0.255 e. The minimum Gasteiger partial charge on any atom is -0.486 e. The first kappa shape index (κ1) is 26.2. The highest BCUT2D eigenvalue weighted by molar-refractivity contribution is 6.00. The Bertz CT molecular complexity index is 1400. The molecule has 1 saturated carbocycles. The van der Waals surface area contributed by atoms with Gasteiger partial charge in [0.2, 0.25) is 0 Å². The van der Waals surface area contributed by atoms with Gasteiger partial charge in [0, 0.05) is 29.8 Å². The lowest BCUT2D eigenvalue weighted by Gasteiger charge is -2.24. The number of anilines is 1. The van der Waals surface area contributed by atoms with Crippen LogP contribution >= 0.6 is 0 Å². The molecule has 2 heterocycles. The van der Waals surface area contributed by atoms with Gasteiger partial charge in [-0.2, -0.15) is 0 Å². The van der Waals surface area contributed by atoms with Crippen molar-refractivity contribution in [1.82, 2.24) is 10.6 Å². The molecule has 6 rings (SSSR count). The number of carbonyl (C=O) groups excluding carboxylic acids is 2. The van der Waals surface area contributed by atoms with Crippen molar-refractivity contribution in [1.29, 1.82) is 0 Å². The number of fused-ring (bicyclic) bond motifs is 2. The summed E-state index contributed by atoms with van der Waals surface area (Å²) in [5.41, 5.74) is 4.77. The van der Waals surface area contributed by atoms with E-state index in [9.17, 15) is 14.7 Å². The van der Waals surface area contributed by atoms with Crippen LogP contribution in [-0.4, -0.2) is 55.4 Å². The second-order valence-electron chi connectivity index (χ2n) is 10.8. The highest BCUT2D eigenvalue weighted by atomic mass is 16.6. The Kier molecular flexibility index (Phi) is 7.60. The molecule has 0 bridgehead atoms. The number of benzene rings is 3. The van der Waals surface area contributed by atoms with E-state index in [-0.39, 0.29) is 30.4 Å². The van der Waals surface area contributed by atoms with Crippen LogP contribution in [0.25, 0.3) is 11.1 Å². The van der Waals surface area contributed by atoms with Gasteiger partial charge in [-0.3, -0.25) is 9.59 Å². The molecule has 1 fully saturated rings. The first-order chi connectivity index (χ1) is 19.6. The summed E-state index contributed by atoms with van der Waals surface area (Å²) < 4.78 is 11.8. The molecule has 40 heavy (non-hydrogen) atoms. The molecular weight excluding hydrogens is 506 g/mol. The molecule has 2 amide bonds. The minimum atomic E-state index is -0.433. The Labute approximate surface area is 234 Å². The maximum atomic E-state index is 13.6. The fraction of sp³-hybridized carbons (Fsp3) is 0.375. The Morgan fingerprint density at radius 1 is 0.950 bits per heavy atom. The van der Waals surface area contributed by atoms with E-state index in [0.29, 0.717) is 42.3 Å². The highest BCUT2D eigenvalue weighted by Gasteiger charge is 2.28. The second kappa shape index (κ2) is 11.6. The van der Waals surface area contributed by atoms with Gasteiger partial charge in [-0.15, -0.1) is 0 Å². The Hall–Kier alpha value is -4.04. The van der Waals surface area contributed by atoms with Crippen molar-refractivity contribution in [2.45, 2.75) is 50.1 Å². The van der Waals surface area contributed by atoms with Gasteiger partial charge in [0.15, 0.2) is 11.5 Å². The Balaban J connectivity index is 1.24. The van der Waals surface area contributed by atoms with E-state index in [1.165, 1.54) is 5.56 Å². The van der Waals surface area contributed by atoms with E-state index in [1.54, 1.807) is 12.1 Å². The van der Waals surface area contributed by atoms with E-state index in [4.69, 9.17) is 9.47 Å². The largest absolute Gasteiger partial charge is 0.486 e. The van der Waals surface area contributed by atoms with E-state index in [1.807, 2.05) is 42.5 Å². The number of para-hydroxylation sites is 1. The van der Waals surface area contributed by atoms with Gasteiger partial charge >= 0.3 is 0 Å². The number of ether oxygens (including phenoxy) is 2. The van der Waals surface area contributed by atoms with Crippen molar-refractivity contribution in [2.75, 3.05) is 31.7 Å². The number of nitrogens with one attached hydrogen (secondary N) is 3. The zero-order valence-corrected chi connectivity index (χ0v) is 22.4. The molecule has 2 aliphatic heterocycles. The number of amides is 2. The molecule has 8 nitrogen and oxygen atoms in total. The predicted octanol–water partition coefficient (Wildman–Crippen LogP) is 4.49. The fourth-order valence-corrected chi connectivity index (χ4v) is 6.02. The third kappa shape index (κ3) is 5.49. The number of rotatable bonds is 8. The summed E-state index contributed by atoms with van der Waals surface area (Å²) in [7, 11) is 0. The van der Waals surface area contributed by atoms with Crippen molar-refractivity contribution in [3.8, 4) is 22.6 Å². The molecule has 2 atom stereocenters. The van der Waals surface area contributed by atoms with Crippen LogP contribution < -0.4 is 25.4 Å². The van der Waals surface area contributed by atoms with Crippen molar-refractivity contribution in [2.24, 2.45) is 0 Å². The zero-order valence-electron chi connectivity index (χ0n) is 22.4. The molecule has 0 radical (unpaired) electrons. The molecule has 0 saturated heterocycles. The quantitative estimate of drug-likeness (QED) is 0.335. The molecule has 1 aliphatic carbocycles. The molecular formula is C32H35N3O5. The average molecular weight is 542 g/mol. The number of aliphatic hydroxyl groups is 1. The molecule has 3 aromatic carbocycles. The van der Waals surface area contributed by atoms with Gasteiger partial charge in [0.05, 0.1) is 18.2 Å². The van der Waals surface area contributed by atoms with Gasteiger partial charge in [0.25, 0.3) is 11.8 Å². The lowest BCUT2D eigenvalue weighted by Crippen LogP contribution is -2.39. The van der Waals surface area contributed by atoms with Crippen LogP contribution in [0.2, 0.25) is 0 Å². The number of carbonyl (C=O) groups is 2. The molecule has 0 aromatic heterocycles. The van der Waals surface area contributed by atoms with E-state index in [0.717, 1.165) is 49.0 Å². The Morgan fingerprint density at radius 3 is 2.62 bits per heavy atom. The molecule has 8 heteroatoms. The molecule has 0 spiro atoms. The van der Waals surface area contributed by atoms with Crippen LogP contribution in [0.5, 0.6) is 11.5 Å². The molecule has 208 valence electrons. The van der Waals surface area contributed by atoms with Crippen LogP contribution in [0.15, 0.2) is 60.7 Å². The van der Waals surface area contributed by atoms with Crippen LogP contribution in [0, 0.1) is 0 Å². The van der Waals surface area contributed by atoms with Crippen LogP contribution in [-0.2, 0) is 0 Å². The SMILES string of the molecule is O=C(NC1CCCC1)c1cccc(-c2cc3c(c(C(=O)N[C@@H](CO)CC4CNc5ccccc54)c2)OCCO3)c1.